The number of aromatic nitrogens is 1. The van der Waals surface area contributed by atoms with Gasteiger partial charge in [-0.25, -0.2) is 0 Å². The van der Waals surface area contributed by atoms with E-state index in [4.69, 9.17) is 0 Å². The quantitative estimate of drug-likeness (QED) is 0.158. The Hall–Kier alpha value is -7.68. The Morgan fingerprint density at radius 3 is 1.62 bits per heavy atom. The van der Waals surface area contributed by atoms with E-state index in [9.17, 15) is 0 Å². The molecule has 11 aromatic rings. The van der Waals surface area contributed by atoms with E-state index in [0.717, 1.165) is 28.3 Å². The third-order valence-corrected chi connectivity index (χ3v) is 11.5. The maximum Gasteiger partial charge on any atom is 0.0625 e. The maximum atomic E-state index is 2.51. The highest BCUT2D eigenvalue weighted by molar-refractivity contribution is 6.24. The molecule has 0 aliphatic heterocycles. The molecule has 10 aromatic carbocycles. The van der Waals surface area contributed by atoms with Gasteiger partial charge in [-0.2, -0.15) is 0 Å². The molecule has 0 atom stereocenters. The third-order valence-electron chi connectivity index (χ3n) is 11.5. The van der Waals surface area contributed by atoms with Gasteiger partial charge in [-0.15, -0.1) is 0 Å². The number of benzene rings is 10. The van der Waals surface area contributed by atoms with E-state index >= 15 is 0 Å². The summed E-state index contributed by atoms with van der Waals surface area (Å²) in [6.07, 6.45) is 0. The van der Waals surface area contributed by atoms with Gasteiger partial charge in [0.25, 0.3) is 0 Å². The number of hydrogen-bond acceptors (Lipinski definition) is 1. The molecular weight excluding hydrogens is 701 g/mol. The van der Waals surface area contributed by atoms with Crippen molar-refractivity contribution in [3.63, 3.8) is 0 Å². The first-order valence-electron chi connectivity index (χ1n) is 19.9. The summed E-state index contributed by atoms with van der Waals surface area (Å²) in [5, 5.41) is 7.36. The van der Waals surface area contributed by atoms with Crippen molar-refractivity contribution in [3.05, 3.63) is 231 Å². The molecule has 2 nitrogen and oxygen atoms in total. The predicted molar refractivity (Wildman–Crippen MR) is 247 cm³/mol. The molecule has 0 amide bonds. The van der Waals surface area contributed by atoms with Crippen LogP contribution < -0.4 is 4.90 Å². The molecule has 0 radical (unpaired) electrons. The molecule has 0 saturated heterocycles. The second-order valence-electron chi connectivity index (χ2n) is 15.0. The van der Waals surface area contributed by atoms with Gasteiger partial charge in [0.2, 0.25) is 0 Å². The van der Waals surface area contributed by atoms with Crippen LogP contribution in [0.5, 0.6) is 0 Å². The second-order valence-corrected chi connectivity index (χ2v) is 15.0. The Balaban J connectivity index is 1.21. The van der Waals surface area contributed by atoms with Crippen LogP contribution in [0.3, 0.4) is 0 Å². The van der Waals surface area contributed by atoms with Crippen molar-refractivity contribution in [1.82, 2.24) is 4.57 Å². The van der Waals surface area contributed by atoms with Crippen LogP contribution in [-0.2, 0) is 0 Å². The molecule has 1 aromatic heterocycles. The largest absolute Gasteiger partial charge is 0.310 e. The third kappa shape index (κ3) is 5.82. The summed E-state index contributed by atoms with van der Waals surface area (Å²) in [7, 11) is 0. The van der Waals surface area contributed by atoms with Crippen LogP contribution in [0.1, 0.15) is 0 Å². The van der Waals surface area contributed by atoms with E-state index in [-0.39, 0.29) is 0 Å². The minimum absolute atomic E-state index is 1.08. The minimum Gasteiger partial charge on any atom is -0.310 e. The highest BCUT2D eigenvalue weighted by Crippen LogP contribution is 2.46. The fourth-order valence-corrected chi connectivity index (χ4v) is 8.77. The van der Waals surface area contributed by atoms with Crippen molar-refractivity contribution >= 4 is 60.4 Å². The first-order valence-corrected chi connectivity index (χ1v) is 19.9. The number of nitrogens with zero attached hydrogens (tertiary/aromatic N) is 2. The van der Waals surface area contributed by atoms with Gasteiger partial charge in [0.05, 0.1) is 11.0 Å². The predicted octanol–water partition coefficient (Wildman–Crippen LogP) is 15.6. The van der Waals surface area contributed by atoms with Crippen molar-refractivity contribution in [2.24, 2.45) is 0 Å². The Morgan fingerprint density at radius 1 is 0.310 bits per heavy atom. The molecular formula is C56H38N2. The average molecular weight is 739 g/mol. The SMILES string of the molecule is c1ccc(-c2ccc(N(c3cccc(-c4ccccc4)c3)c3ccc4c5c(-c6ccccc6)cc6ccccc6c5n(-c5ccc6ccccc6c5)c4c3)cc2)cc1. The Bertz CT molecular complexity index is 3250. The van der Waals surface area contributed by atoms with Gasteiger partial charge in [0.1, 0.15) is 0 Å². The summed E-state index contributed by atoms with van der Waals surface area (Å²) >= 11 is 0. The normalized spacial score (nSPS) is 11.4. The molecule has 0 N–H and O–H groups in total. The van der Waals surface area contributed by atoms with E-state index in [1.54, 1.807) is 0 Å². The van der Waals surface area contributed by atoms with Crippen molar-refractivity contribution in [2.75, 3.05) is 4.90 Å². The van der Waals surface area contributed by atoms with Gasteiger partial charge in [-0.3, -0.25) is 0 Å². The number of rotatable bonds is 7. The van der Waals surface area contributed by atoms with Crippen LogP contribution >= 0.6 is 0 Å². The summed E-state index contributed by atoms with van der Waals surface area (Å²) in [5.41, 5.74) is 14.0. The average Bonchev–Trinajstić information content (AvgIpc) is 3.65. The highest BCUT2D eigenvalue weighted by atomic mass is 15.1. The zero-order valence-electron chi connectivity index (χ0n) is 31.8. The lowest BCUT2D eigenvalue weighted by Gasteiger charge is -2.26. The van der Waals surface area contributed by atoms with Crippen LogP contribution in [0.2, 0.25) is 0 Å². The molecule has 11 rings (SSSR count). The zero-order valence-corrected chi connectivity index (χ0v) is 31.8. The van der Waals surface area contributed by atoms with Gasteiger partial charge < -0.3 is 9.47 Å². The van der Waals surface area contributed by atoms with Crippen LogP contribution in [0.4, 0.5) is 17.1 Å². The van der Waals surface area contributed by atoms with E-state index in [0.29, 0.717) is 0 Å². The highest BCUT2D eigenvalue weighted by Gasteiger charge is 2.22. The van der Waals surface area contributed by atoms with Crippen LogP contribution in [0, 0.1) is 0 Å². The van der Waals surface area contributed by atoms with E-state index in [1.807, 2.05) is 0 Å². The molecule has 2 heteroatoms. The van der Waals surface area contributed by atoms with Gasteiger partial charge in [0.15, 0.2) is 0 Å². The molecule has 1 heterocycles. The van der Waals surface area contributed by atoms with E-state index < -0.39 is 0 Å². The first-order chi connectivity index (χ1) is 28.8. The Labute approximate surface area is 338 Å². The lowest BCUT2D eigenvalue weighted by molar-refractivity contribution is 1.19. The Kier molecular flexibility index (Phi) is 8.19. The fourth-order valence-electron chi connectivity index (χ4n) is 8.77. The summed E-state index contributed by atoms with van der Waals surface area (Å²) in [6, 6.07) is 83.8. The summed E-state index contributed by atoms with van der Waals surface area (Å²) < 4.78 is 2.51. The molecule has 0 aliphatic carbocycles. The van der Waals surface area contributed by atoms with Crippen molar-refractivity contribution in [3.8, 4) is 39.1 Å². The molecule has 0 saturated carbocycles. The smallest absolute Gasteiger partial charge is 0.0625 e. The van der Waals surface area contributed by atoms with Crippen LogP contribution in [0.15, 0.2) is 231 Å². The molecule has 58 heavy (non-hydrogen) atoms. The van der Waals surface area contributed by atoms with Gasteiger partial charge in [-0.1, -0.05) is 176 Å². The number of fused-ring (bicyclic) bond motifs is 6. The molecule has 0 bridgehead atoms. The Morgan fingerprint density at radius 2 is 0.879 bits per heavy atom. The summed E-state index contributed by atoms with van der Waals surface area (Å²) in [5.74, 6) is 0. The molecule has 0 unspecified atom stereocenters. The lowest BCUT2D eigenvalue weighted by Crippen LogP contribution is -2.10. The van der Waals surface area contributed by atoms with Gasteiger partial charge >= 0.3 is 0 Å². The molecule has 0 fully saturated rings. The molecule has 0 spiro atoms. The monoisotopic (exact) mass is 738 g/mol. The summed E-state index contributed by atoms with van der Waals surface area (Å²) in [6.45, 7) is 0. The minimum atomic E-state index is 1.08. The van der Waals surface area contributed by atoms with Crippen LogP contribution in [-0.4, -0.2) is 4.57 Å². The molecule has 0 aliphatic rings. The summed E-state index contributed by atoms with van der Waals surface area (Å²) in [4.78, 5) is 2.40. The maximum absolute atomic E-state index is 2.51. The first kappa shape index (κ1) is 33.6. The molecule has 272 valence electrons. The standard InChI is InChI=1S/C56H38N2/c1-4-15-39(16-5-1)42-27-30-47(31-28-42)57(48-25-14-24-45(35-48)40-17-6-2-7-18-40)50-33-34-52-54(38-50)58(49-32-29-41-19-10-11-22-44(41)36-49)56-51-26-13-12-23-46(51)37-53(55(52)56)43-20-8-3-9-21-43/h1-38H. The van der Waals surface area contributed by atoms with Crippen molar-refractivity contribution < 1.29 is 0 Å². The van der Waals surface area contributed by atoms with E-state index in [1.165, 1.54) is 71.2 Å². The van der Waals surface area contributed by atoms with Crippen LogP contribution in [0.25, 0.3) is 82.4 Å². The lowest BCUT2D eigenvalue weighted by atomic mass is 9.95. The second kappa shape index (κ2) is 14.1. The number of anilines is 3. The van der Waals surface area contributed by atoms with Gasteiger partial charge in [-0.05, 0) is 104 Å². The van der Waals surface area contributed by atoms with E-state index in [2.05, 4.69) is 240 Å². The fraction of sp³-hybridized carbons (Fsp3) is 0. The van der Waals surface area contributed by atoms with Crippen molar-refractivity contribution in [1.29, 1.82) is 0 Å². The van der Waals surface area contributed by atoms with Crippen molar-refractivity contribution in [2.45, 2.75) is 0 Å². The number of hydrogen-bond donors (Lipinski definition) is 0. The zero-order chi connectivity index (χ0) is 38.4. The topological polar surface area (TPSA) is 8.17 Å². The van der Waals surface area contributed by atoms with Gasteiger partial charge in [0, 0.05) is 38.9 Å².